The fourth-order valence-electron chi connectivity index (χ4n) is 4.80. The highest BCUT2D eigenvalue weighted by atomic mass is 16.1. The van der Waals surface area contributed by atoms with Gasteiger partial charge >= 0.3 is 0 Å². The van der Waals surface area contributed by atoms with E-state index in [0.29, 0.717) is 6.42 Å². The molecular formula is C24H24N2O. The number of para-hydroxylation sites is 2. The lowest BCUT2D eigenvalue weighted by molar-refractivity contribution is -0.118. The van der Waals surface area contributed by atoms with E-state index in [1.807, 2.05) is 6.07 Å². The van der Waals surface area contributed by atoms with Crippen molar-refractivity contribution in [1.82, 2.24) is 4.98 Å². The van der Waals surface area contributed by atoms with Crippen molar-refractivity contribution < 1.29 is 4.79 Å². The second-order valence-corrected chi connectivity index (χ2v) is 8.66. The van der Waals surface area contributed by atoms with Crippen molar-refractivity contribution in [3.8, 4) is 0 Å². The summed E-state index contributed by atoms with van der Waals surface area (Å²) < 4.78 is 0. The predicted molar refractivity (Wildman–Crippen MR) is 110 cm³/mol. The molecule has 3 aromatic rings. The Morgan fingerprint density at radius 1 is 1.00 bits per heavy atom. The number of aromatic amines is 1. The first-order chi connectivity index (χ1) is 13.0. The minimum atomic E-state index is -0.00698. The summed E-state index contributed by atoms with van der Waals surface area (Å²) in [4.78, 5) is 16.7. The molecule has 2 N–H and O–H groups in total. The molecule has 3 heteroatoms. The molecule has 2 aliphatic rings. The van der Waals surface area contributed by atoms with E-state index in [4.69, 9.17) is 0 Å². The fraction of sp³-hybridized carbons (Fsp3) is 0.292. The van der Waals surface area contributed by atoms with Crippen LogP contribution in [0.25, 0.3) is 10.9 Å². The van der Waals surface area contributed by atoms with Crippen LogP contribution in [0.4, 0.5) is 5.69 Å². The number of nitrogens with one attached hydrogen (secondary N) is 2. The van der Waals surface area contributed by atoms with Gasteiger partial charge in [-0.3, -0.25) is 4.79 Å². The monoisotopic (exact) mass is 356 g/mol. The summed E-state index contributed by atoms with van der Waals surface area (Å²) in [6, 6.07) is 16.8. The maximum Gasteiger partial charge on any atom is 0.161 e. The van der Waals surface area contributed by atoms with Gasteiger partial charge in [-0.2, -0.15) is 0 Å². The van der Waals surface area contributed by atoms with Crippen molar-refractivity contribution in [2.45, 2.75) is 39.0 Å². The first-order valence-corrected chi connectivity index (χ1v) is 9.69. The minimum absolute atomic E-state index is 0.00698. The molecule has 1 aliphatic heterocycles. The second kappa shape index (κ2) is 5.85. The second-order valence-electron chi connectivity index (χ2n) is 8.66. The Bertz CT molecular complexity index is 1090. The molecule has 1 aliphatic carbocycles. The highest BCUT2D eigenvalue weighted by Gasteiger charge is 2.39. The van der Waals surface area contributed by atoms with E-state index in [1.54, 1.807) is 0 Å². The van der Waals surface area contributed by atoms with E-state index in [1.165, 1.54) is 16.5 Å². The van der Waals surface area contributed by atoms with Crippen molar-refractivity contribution in [1.29, 1.82) is 0 Å². The molecule has 2 aromatic carbocycles. The molecule has 136 valence electrons. The lowest BCUT2D eigenvalue weighted by Crippen LogP contribution is -2.30. The molecule has 0 bridgehead atoms. The van der Waals surface area contributed by atoms with Gasteiger partial charge in [-0.25, -0.2) is 0 Å². The number of allylic oxidation sites excluding steroid dienone is 2. The number of ketones is 1. The van der Waals surface area contributed by atoms with Crippen molar-refractivity contribution in [2.24, 2.45) is 5.41 Å². The van der Waals surface area contributed by atoms with Crippen LogP contribution >= 0.6 is 0 Å². The lowest BCUT2D eigenvalue weighted by Gasteiger charge is -2.34. The average molecular weight is 356 g/mol. The van der Waals surface area contributed by atoms with E-state index in [9.17, 15) is 4.79 Å². The molecular weight excluding hydrogens is 332 g/mol. The number of rotatable bonds is 1. The van der Waals surface area contributed by atoms with Gasteiger partial charge < -0.3 is 10.3 Å². The van der Waals surface area contributed by atoms with E-state index in [0.717, 1.165) is 35.3 Å². The SMILES string of the molecule is CC1(C)CC(=O)C2=C(C1)Nc1ccccc1C[C@@H]2c1c[nH]c2ccccc12. The Labute approximate surface area is 159 Å². The third-order valence-electron chi connectivity index (χ3n) is 5.99. The molecule has 2 heterocycles. The number of Topliss-reactive ketones (excluding diaryl/α,β-unsaturated/α-hetero) is 1. The minimum Gasteiger partial charge on any atom is -0.361 e. The molecule has 27 heavy (non-hydrogen) atoms. The van der Waals surface area contributed by atoms with E-state index in [2.05, 4.69) is 72.8 Å². The molecule has 1 atom stereocenters. The fourth-order valence-corrected chi connectivity index (χ4v) is 4.80. The maximum atomic E-state index is 13.3. The number of hydrogen-bond donors (Lipinski definition) is 2. The van der Waals surface area contributed by atoms with Crippen LogP contribution in [-0.2, 0) is 11.2 Å². The van der Waals surface area contributed by atoms with Gasteiger partial charge in [-0.1, -0.05) is 50.2 Å². The van der Waals surface area contributed by atoms with Gasteiger partial charge in [0.25, 0.3) is 0 Å². The Kier molecular flexibility index (Phi) is 3.55. The van der Waals surface area contributed by atoms with Crippen LogP contribution in [0.1, 0.15) is 43.7 Å². The number of fused-ring (bicyclic) bond motifs is 2. The lowest BCUT2D eigenvalue weighted by atomic mass is 9.71. The van der Waals surface area contributed by atoms with E-state index in [-0.39, 0.29) is 17.1 Å². The third-order valence-corrected chi connectivity index (χ3v) is 5.99. The van der Waals surface area contributed by atoms with Gasteiger partial charge in [0, 0.05) is 46.4 Å². The first kappa shape index (κ1) is 16.4. The Morgan fingerprint density at radius 2 is 1.78 bits per heavy atom. The number of aromatic nitrogens is 1. The molecule has 0 saturated carbocycles. The van der Waals surface area contributed by atoms with Gasteiger partial charge in [0.1, 0.15) is 0 Å². The van der Waals surface area contributed by atoms with Crippen LogP contribution in [0.3, 0.4) is 0 Å². The van der Waals surface area contributed by atoms with E-state index >= 15 is 0 Å². The summed E-state index contributed by atoms with van der Waals surface area (Å²) in [7, 11) is 0. The Hall–Kier alpha value is -2.81. The summed E-state index contributed by atoms with van der Waals surface area (Å²) in [5.74, 6) is 0.368. The predicted octanol–water partition coefficient (Wildman–Crippen LogP) is 5.56. The third kappa shape index (κ3) is 2.69. The number of benzene rings is 2. The molecule has 0 amide bonds. The van der Waals surface area contributed by atoms with Crippen molar-refractivity contribution in [3.63, 3.8) is 0 Å². The number of anilines is 1. The van der Waals surface area contributed by atoms with Crippen molar-refractivity contribution >= 4 is 22.4 Å². The van der Waals surface area contributed by atoms with Gasteiger partial charge in [0.15, 0.2) is 5.78 Å². The zero-order valence-corrected chi connectivity index (χ0v) is 15.8. The largest absolute Gasteiger partial charge is 0.361 e. The standard InChI is InChI=1S/C24H24N2O/c1-24(2)12-21-23(22(27)13-24)17(11-15-7-3-5-9-19(15)26-21)18-14-25-20-10-6-4-8-16(18)20/h3-10,14,17,25-26H,11-13H2,1-2H3/t17-/m1/s1. The summed E-state index contributed by atoms with van der Waals surface area (Å²) in [5, 5.41) is 4.85. The van der Waals surface area contributed by atoms with Gasteiger partial charge in [-0.15, -0.1) is 0 Å². The summed E-state index contributed by atoms with van der Waals surface area (Å²) in [6.07, 6.45) is 4.46. The zero-order valence-electron chi connectivity index (χ0n) is 15.8. The van der Waals surface area contributed by atoms with Crippen LogP contribution in [0.2, 0.25) is 0 Å². The van der Waals surface area contributed by atoms with Crippen LogP contribution in [0.5, 0.6) is 0 Å². The molecule has 0 unspecified atom stereocenters. The Balaban J connectivity index is 1.74. The molecule has 0 radical (unpaired) electrons. The van der Waals surface area contributed by atoms with Crippen molar-refractivity contribution in [2.75, 3.05) is 5.32 Å². The smallest absolute Gasteiger partial charge is 0.161 e. The van der Waals surface area contributed by atoms with Gasteiger partial charge in [0.2, 0.25) is 0 Å². The summed E-state index contributed by atoms with van der Waals surface area (Å²) >= 11 is 0. The van der Waals surface area contributed by atoms with Gasteiger partial charge in [-0.05, 0) is 41.5 Å². The summed E-state index contributed by atoms with van der Waals surface area (Å²) in [6.45, 7) is 4.38. The highest BCUT2D eigenvalue weighted by Crippen LogP contribution is 2.46. The molecule has 0 spiro atoms. The molecule has 0 fully saturated rings. The quantitative estimate of drug-likeness (QED) is 0.599. The normalized spacial score (nSPS) is 21.4. The topological polar surface area (TPSA) is 44.9 Å². The molecule has 3 nitrogen and oxygen atoms in total. The maximum absolute atomic E-state index is 13.3. The van der Waals surface area contributed by atoms with Crippen LogP contribution in [0.15, 0.2) is 66.0 Å². The van der Waals surface area contributed by atoms with Crippen LogP contribution in [-0.4, -0.2) is 10.8 Å². The van der Waals surface area contributed by atoms with E-state index < -0.39 is 0 Å². The Morgan fingerprint density at radius 3 is 2.67 bits per heavy atom. The van der Waals surface area contributed by atoms with Gasteiger partial charge in [0.05, 0.1) is 0 Å². The molecule has 5 rings (SSSR count). The number of carbonyl (C=O) groups is 1. The first-order valence-electron chi connectivity index (χ1n) is 9.69. The van der Waals surface area contributed by atoms with Crippen LogP contribution < -0.4 is 5.32 Å². The molecule has 1 aromatic heterocycles. The highest BCUT2D eigenvalue weighted by molar-refractivity contribution is 6.01. The van der Waals surface area contributed by atoms with Crippen molar-refractivity contribution in [3.05, 3.63) is 77.1 Å². The molecule has 0 saturated heterocycles. The van der Waals surface area contributed by atoms with Crippen LogP contribution in [0, 0.1) is 5.41 Å². The number of hydrogen-bond acceptors (Lipinski definition) is 2. The zero-order chi connectivity index (χ0) is 18.6. The number of carbonyl (C=O) groups excluding carboxylic acids is 1. The average Bonchev–Trinajstić information content (AvgIpc) is 2.97. The number of H-pyrrole nitrogens is 1. The summed E-state index contributed by atoms with van der Waals surface area (Å²) in [5.41, 5.74) is 6.85.